The Kier molecular flexibility index (Phi) is 4.82. The van der Waals surface area contributed by atoms with Gasteiger partial charge < -0.3 is 15.4 Å². The molecule has 4 aromatic rings. The van der Waals surface area contributed by atoms with Crippen molar-refractivity contribution in [3.63, 3.8) is 0 Å². The number of nitrogens with zero attached hydrogens (tertiary/aromatic N) is 2. The molecule has 4 rings (SSSR count). The van der Waals surface area contributed by atoms with Crippen LogP contribution in [-0.4, -0.2) is 37.8 Å². The van der Waals surface area contributed by atoms with Crippen molar-refractivity contribution in [3.8, 4) is 5.69 Å². The van der Waals surface area contributed by atoms with Gasteiger partial charge in [0.05, 0.1) is 0 Å². The number of benzene rings is 2. The van der Waals surface area contributed by atoms with Crippen LogP contribution in [0.1, 0.15) is 16.1 Å². The number of hydrogen-bond donors (Lipinski definition) is 3. The summed E-state index contributed by atoms with van der Waals surface area (Å²) in [5, 5.41) is 17.0. The van der Waals surface area contributed by atoms with E-state index in [4.69, 9.17) is 0 Å². The zero-order chi connectivity index (χ0) is 20.4. The number of halogens is 1. The number of H-pyrrole nitrogens is 1. The van der Waals surface area contributed by atoms with Crippen LogP contribution in [0.25, 0.3) is 16.6 Å². The third-order valence-electron chi connectivity index (χ3n) is 4.62. The molecule has 1 atom stereocenters. The number of para-hydroxylation sites is 2. The van der Waals surface area contributed by atoms with Crippen LogP contribution < -0.4 is 5.32 Å². The molecule has 2 aromatic carbocycles. The van der Waals surface area contributed by atoms with Gasteiger partial charge in [-0.25, -0.2) is 13.9 Å². The largest absolute Gasteiger partial charge is 0.480 e. The van der Waals surface area contributed by atoms with Gasteiger partial charge in [-0.3, -0.25) is 4.79 Å². The number of nitrogens with one attached hydrogen (secondary N) is 2. The van der Waals surface area contributed by atoms with E-state index in [0.29, 0.717) is 0 Å². The van der Waals surface area contributed by atoms with Crippen LogP contribution in [0.3, 0.4) is 0 Å². The Labute approximate surface area is 164 Å². The minimum atomic E-state index is -1.16. The van der Waals surface area contributed by atoms with Crippen LogP contribution in [0.4, 0.5) is 4.39 Å². The number of amides is 1. The first-order chi connectivity index (χ1) is 14.0. The number of carbonyl (C=O) groups excluding carboxylic acids is 1. The van der Waals surface area contributed by atoms with Crippen molar-refractivity contribution >= 4 is 22.8 Å². The van der Waals surface area contributed by atoms with Gasteiger partial charge in [-0.2, -0.15) is 5.10 Å². The number of fused-ring (bicyclic) bond motifs is 1. The van der Waals surface area contributed by atoms with Gasteiger partial charge in [0.2, 0.25) is 0 Å². The second-order valence-corrected chi connectivity index (χ2v) is 6.52. The first-order valence-corrected chi connectivity index (χ1v) is 8.92. The fourth-order valence-electron chi connectivity index (χ4n) is 3.17. The molecule has 8 heteroatoms. The quantitative estimate of drug-likeness (QED) is 0.470. The third kappa shape index (κ3) is 3.73. The Balaban J connectivity index is 1.53. The second kappa shape index (κ2) is 7.59. The number of carboxylic acid groups (broad SMARTS) is 1. The molecule has 0 bridgehead atoms. The Morgan fingerprint density at radius 2 is 1.90 bits per heavy atom. The normalized spacial score (nSPS) is 12.0. The molecule has 0 saturated heterocycles. The van der Waals surface area contributed by atoms with Crippen molar-refractivity contribution in [2.75, 3.05) is 0 Å². The van der Waals surface area contributed by atoms with Crippen molar-refractivity contribution in [1.29, 1.82) is 0 Å². The lowest BCUT2D eigenvalue weighted by molar-refractivity contribution is -0.139. The van der Waals surface area contributed by atoms with Gasteiger partial charge in [0.15, 0.2) is 5.69 Å². The van der Waals surface area contributed by atoms with Crippen LogP contribution in [-0.2, 0) is 11.2 Å². The Hall–Kier alpha value is -3.94. The first kappa shape index (κ1) is 18.4. The summed E-state index contributed by atoms with van der Waals surface area (Å²) in [7, 11) is 0. The zero-order valence-corrected chi connectivity index (χ0v) is 15.2. The molecule has 0 aliphatic rings. The van der Waals surface area contributed by atoms with E-state index in [9.17, 15) is 19.1 Å². The number of aliphatic carboxylic acids is 1. The van der Waals surface area contributed by atoms with E-state index < -0.39 is 23.7 Å². The lowest BCUT2D eigenvalue weighted by Crippen LogP contribution is -2.42. The first-order valence-electron chi connectivity index (χ1n) is 8.92. The molecule has 0 fully saturated rings. The molecule has 0 saturated carbocycles. The van der Waals surface area contributed by atoms with Gasteiger partial charge in [-0.15, -0.1) is 0 Å². The number of aromatic amines is 1. The Morgan fingerprint density at radius 3 is 2.69 bits per heavy atom. The molecular weight excluding hydrogens is 375 g/mol. The molecule has 3 N–H and O–H groups in total. The van der Waals surface area contributed by atoms with Crippen molar-refractivity contribution in [2.24, 2.45) is 0 Å². The van der Waals surface area contributed by atoms with Crippen molar-refractivity contribution in [1.82, 2.24) is 20.1 Å². The van der Waals surface area contributed by atoms with E-state index in [-0.39, 0.29) is 17.8 Å². The highest BCUT2D eigenvalue weighted by Crippen LogP contribution is 2.19. The Morgan fingerprint density at radius 1 is 1.14 bits per heavy atom. The number of aromatic nitrogens is 3. The van der Waals surface area contributed by atoms with Crippen LogP contribution in [0, 0.1) is 5.82 Å². The number of rotatable bonds is 6. The van der Waals surface area contributed by atoms with Crippen molar-refractivity contribution in [3.05, 3.63) is 84.1 Å². The molecule has 0 aliphatic carbocycles. The van der Waals surface area contributed by atoms with E-state index in [1.807, 2.05) is 24.3 Å². The maximum Gasteiger partial charge on any atom is 0.326 e. The molecule has 2 heterocycles. The lowest BCUT2D eigenvalue weighted by atomic mass is 10.0. The summed E-state index contributed by atoms with van der Waals surface area (Å²) >= 11 is 0. The predicted octanol–water partition coefficient (Wildman–Crippen LogP) is 2.92. The molecule has 1 amide bonds. The molecule has 7 nitrogen and oxygen atoms in total. The fourth-order valence-corrected chi connectivity index (χ4v) is 3.17. The molecule has 2 aromatic heterocycles. The highest BCUT2D eigenvalue weighted by molar-refractivity contribution is 5.95. The summed E-state index contributed by atoms with van der Waals surface area (Å²) in [4.78, 5) is 27.3. The van der Waals surface area contributed by atoms with Gasteiger partial charge in [0, 0.05) is 29.7 Å². The SMILES string of the molecule is O=C(NC(Cc1c[nH]c2ccccc12)C(=O)O)c1ccn(-c2ccccc2F)n1. The predicted molar refractivity (Wildman–Crippen MR) is 104 cm³/mol. The summed E-state index contributed by atoms with van der Waals surface area (Å²) in [6.45, 7) is 0. The zero-order valence-electron chi connectivity index (χ0n) is 15.2. The van der Waals surface area contributed by atoms with Crippen LogP contribution in [0.2, 0.25) is 0 Å². The summed E-state index contributed by atoms with van der Waals surface area (Å²) in [5.74, 6) is -2.28. The molecule has 29 heavy (non-hydrogen) atoms. The van der Waals surface area contributed by atoms with E-state index in [0.717, 1.165) is 16.5 Å². The maximum atomic E-state index is 13.9. The van der Waals surface area contributed by atoms with Crippen LogP contribution in [0.15, 0.2) is 67.0 Å². The van der Waals surface area contributed by atoms with E-state index in [1.54, 1.807) is 18.3 Å². The molecule has 0 aliphatic heterocycles. The third-order valence-corrected chi connectivity index (χ3v) is 4.62. The molecule has 0 radical (unpaired) electrons. The summed E-state index contributed by atoms with van der Waals surface area (Å²) < 4.78 is 15.1. The van der Waals surface area contributed by atoms with E-state index in [1.165, 1.54) is 29.1 Å². The minimum absolute atomic E-state index is 0.00145. The number of hydrogen-bond acceptors (Lipinski definition) is 3. The smallest absolute Gasteiger partial charge is 0.326 e. The average Bonchev–Trinajstić information content (AvgIpc) is 3.35. The fraction of sp³-hybridized carbons (Fsp3) is 0.0952. The molecule has 0 spiro atoms. The average molecular weight is 392 g/mol. The molecule has 146 valence electrons. The second-order valence-electron chi connectivity index (χ2n) is 6.52. The van der Waals surface area contributed by atoms with Crippen molar-refractivity contribution < 1.29 is 19.1 Å². The van der Waals surface area contributed by atoms with Crippen LogP contribution in [0.5, 0.6) is 0 Å². The van der Waals surface area contributed by atoms with Gasteiger partial charge in [-0.1, -0.05) is 30.3 Å². The Bertz CT molecular complexity index is 1200. The lowest BCUT2D eigenvalue weighted by Gasteiger charge is -2.13. The highest BCUT2D eigenvalue weighted by Gasteiger charge is 2.23. The topological polar surface area (TPSA) is 100 Å². The summed E-state index contributed by atoms with van der Waals surface area (Å²) in [5.41, 5.74) is 1.87. The number of carbonyl (C=O) groups is 2. The van der Waals surface area contributed by atoms with Gasteiger partial charge in [0.1, 0.15) is 17.5 Å². The van der Waals surface area contributed by atoms with Crippen LogP contribution >= 0.6 is 0 Å². The van der Waals surface area contributed by atoms with Gasteiger partial charge >= 0.3 is 5.97 Å². The number of carboxylic acids is 1. The standard InChI is InChI=1S/C21H17FN4O3/c22-15-6-2-4-8-19(15)26-10-9-17(25-26)20(27)24-18(21(28)29)11-13-12-23-16-7-3-1-5-14(13)16/h1-10,12,18,23H,11H2,(H,24,27)(H,28,29). The van der Waals surface area contributed by atoms with Gasteiger partial charge in [0.25, 0.3) is 5.91 Å². The summed E-state index contributed by atoms with van der Waals surface area (Å²) in [6.07, 6.45) is 3.29. The maximum absolute atomic E-state index is 13.9. The molecule has 1 unspecified atom stereocenters. The monoisotopic (exact) mass is 392 g/mol. The summed E-state index contributed by atoms with van der Waals surface area (Å²) in [6, 6.07) is 13.8. The molecular formula is C21H17FN4O3. The van der Waals surface area contributed by atoms with E-state index in [2.05, 4.69) is 15.4 Å². The van der Waals surface area contributed by atoms with Crippen molar-refractivity contribution in [2.45, 2.75) is 12.5 Å². The van der Waals surface area contributed by atoms with Gasteiger partial charge in [-0.05, 0) is 29.8 Å². The van der Waals surface area contributed by atoms with E-state index >= 15 is 0 Å². The highest BCUT2D eigenvalue weighted by atomic mass is 19.1. The minimum Gasteiger partial charge on any atom is -0.480 e.